The van der Waals surface area contributed by atoms with Crippen LogP contribution in [0.15, 0.2) is 54.7 Å². The van der Waals surface area contributed by atoms with Gasteiger partial charge in [0.15, 0.2) is 0 Å². The molecule has 1 aliphatic heterocycles. The highest BCUT2D eigenvalue weighted by molar-refractivity contribution is 5.95. The molecule has 4 rings (SSSR count). The Morgan fingerprint density at radius 1 is 1.17 bits per heavy atom. The van der Waals surface area contributed by atoms with Crippen molar-refractivity contribution in [2.24, 2.45) is 5.92 Å². The first-order chi connectivity index (χ1) is 14.1. The first-order valence-corrected chi connectivity index (χ1v) is 9.94. The minimum absolute atomic E-state index is 0.00203. The predicted molar refractivity (Wildman–Crippen MR) is 111 cm³/mol. The largest absolute Gasteiger partial charge is 0.337 e. The molecule has 1 fully saturated rings. The van der Waals surface area contributed by atoms with Gasteiger partial charge in [-0.3, -0.25) is 9.89 Å². The summed E-state index contributed by atoms with van der Waals surface area (Å²) in [7, 11) is 1.80. The number of rotatable bonds is 6. The summed E-state index contributed by atoms with van der Waals surface area (Å²) in [5.74, 6) is 0.294. The summed E-state index contributed by atoms with van der Waals surface area (Å²) in [5, 5.41) is 10.5. The fraction of sp³-hybridized carbons (Fsp3) is 0.304. The Morgan fingerprint density at radius 2 is 1.97 bits per heavy atom. The van der Waals surface area contributed by atoms with E-state index < -0.39 is 0 Å². The number of aromatic nitrogens is 2. The molecule has 0 radical (unpaired) electrons. The second-order valence-electron chi connectivity index (χ2n) is 7.66. The Morgan fingerprint density at radius 3 is 2.72 bits per heavy atom. The molecule has 1 atom stereocenters. The van der Waals surface area contributed by atoms with Crippen molar-refractivity contribution in [2.75, 3.05) is 20.1 Å². The normalized spacial score (nSPS) is 16.1. The van der Waals surface area contributed by atoms with E-state index in [-0.39, 0.29) is 11.7 Å². The van der Waals surface area contributed by atoms with Gasteiger partial charge in [-0.25, -0.2) is 4.39 Å². The van der Waals surface area contributed by atoms with Gasteiger partial charge in [0, 0.05) is 30.3 Å². The third-order valence-corrected chi connectivity index (χ3v) is 5.52. The van der Waals surface area contributed by atoms with Crippen molar-refractivity contribution < 1.29 is 9.18 Å². The molecule has 0 saturated carbocycles. The molecule has 29 heavy (non-hydrogen) atoms. The zero-order valence-corrected chi connectivity index (χ0v) is 16.5. The topological polar surface area (TPSA) is 61.0 Å². The van der Waals surface area contributed by atoms with Crippen LogP contribution in [0.1, 0.15) is 27.9 Å². The molecule has 6 heteroatoms. The van der Waals surface area contributed by atoms with Crippen molar-refractivity contribution in [1.82, 2.24) is 20.4 Å². The molecule has 0 bridgehead atoms. The standard InChI is InChI=1S/C23H25FN4O/c1-28(15-19-14-26-27-22(19)17-6-8-20(24)9-7-17)23(29)21-5-3-2-4-18(21)12-16-10-11-25-13-16/h2-9,14,16,25H,10-13,15H2,1H3,(H,26,27). The van der Waals surface area contributed by atoms with E-state index in [0.29, 0.717) is 12.5 Å². The number of aromatic amines is 1. The number of amides is 1. The van der Waals surface area contributed by atoms with Gasteiger partial charge in [-0.05, 0) is 67.7 Å². The van der Waals surface area contributed by atoms with Crippen molar-refractivity contribution in [3.63, 3.8) is 0 Å². The number of hydrogen-bond acceptors (Lipinski definition) is 3. The number of carbonyl (C=O) groups is 1. The smallest absolute Gasteiger partial charge is 0.254 e. The fourth-order valence-electron chi connectivity index (χ4n) is 3.94. The van der Waals surface area contributed by atoms with Crippen LogP contribution in [0, 0.1) is 11.7 Å². The van der Waals surface area contributed by atoms with Gasteiger partial charge < -0.3 is 10.2 Å². The van der Waals surface area contributed by atoms with Crippen LogP contribution in [0.4, 0.5) is 4.39 Å². The molecule has 1 unspecified atom stereocenters. The average molecular weight is 392 g/mol. The molecule has 0 aliphatic carbocycles. The molecular weight excluding hydrogens is 367 g/mol. The molecule has 2 heterocycles. The highest BCUT2D eigenvalue weighted by atomic mass is 19.1. The molecular formula is C23H25FN4O. The number of H-pyrrole nitrogens is 1. The Labute approximate surface area is 169 Å². The van der Waals surface area contributed by atoms with Gasteiger partial charge in [0.1, 0.15) is 5.82 Å². The van der Waals surface area contributed by atoms with Crippen LogP contribution < -0.4 is 5.32 Å². The van der Waals surface area contributed by atoms with Gasteiger partial charge in [0.25, 0.3) is 5.91 Å². The number of hydrogen-bond donors (Lipinski definition) is 2. The highest BCUT2D eigenvalue weighted by Gasteiger charge is 2.21. The highest BCUT2D eigenvalue weighted by Crippen LogP contribution is 2.24. The molecule has 1 aliphatic rings. The van der Waals surface area contributed by atoms with Crippen LogP contribution in [0.3, 0.4) is 0 Å². The van der Waals surface area contributed by atoms with E-state index in [0.717, 1.165) is 53.9 Å². The van der Waals surface area contributed by atoms with E-state index in [1.54, 1.807) is 30.3 Å². The summed E-state index contributed by atoms with van der Waals surface area (Å²) in [6.07, 6.45) is 3.78. The zero-order valence-electron chi connectivity index (χ0n) is 16.5. The quantitative estimate of drug-likeness (QED) is 0.673. The van der Waals surface area contributed by atoms with E-state index in [4.69, 9.17) is 0 Å². The maximum absolute atomic E-state index is 13.2. The summed E-state index contributed by atoms with van der Waals surface area (Å²) >= 11 is 0. The molecule has 1 amide bonds. The van der Waals surface area contributed by atoms with Gasteiger partial charge in [-0.2, -0.15) is 5.10 Å². The Balaban J connectivity index is 1.51. The maximum Gasteiger partial charge on any atom is 0.254 e. The zero-order chi connectivity index (χ0) is 20.2. The van der Waals surface area contributed by atoms with Crippen molar-refractivity contribution in [2.45, 2.75) is 19.4 Å². The van der Waals surface area contributed by atoms with Gasteiger partial charge in [-0.15, -0.1) is 0 Å². The van der Waals surface area contributed by atoms with Gasteiger partial charge >= 0.3 is 0 Å². The molecule has 0 spiro atoms. The predicted octanol–water partition coefficient (Wildman–Crippen LogP) is 3.64. The second kappa shape index (κ2) is 8.57. The van der Waals surface area contributed by atoms with Crippen LogP contribution in [0.5, 0.6) is 0 Å². The van der Waals surface area contributed by atoms with Gasteiger partial charge in [-0.1, -0.05) is 18.2 Å². The molecule has 3 aromatic rings. The Kier molecular flexibility index (Phi) is 5.71. The molecule has 1 saturated heterocycles. The van der Waals surface area contributed by atoms with Gasteiger partial charge in [0.05, 0.1) is 11.9 Å². The van der Waals surface area contributed by atoms with Crippen LogP contribution >= 0.6 is 0 Å². The van der Waals surface area contributed by atoms with Crippen LogP contribution in [-0.2, 0) is 13.0 Å². The number of benzene rings is 2. The molecule has 2 N–H and O–H groups in total. The lowest BCUT2D eigenvalue weighted by Gasteiger charge is -2.20. The third-order valence-electron chi connectivity index (χ3n) is 5.52. The minimum atomic E-state index is -0.281. The van der Waals surface area contributed by atoms with Crippen molar-refractivity contribution in [3.05, 3.63) is 77.2 Å². The average Bonchev–Trinajstić information content (AvgIpc) is 3.41. The molecule has 150 valence electrons. The molecule has 1 aromatic heterocycles. The number of nitrogens with one attached hydrogen (secondary N) is 2. The van der Waals surface area contributed by atoms with Crippen molar-refractivity contribution in [1.29, 1.82) is 0 Å². The van der Waals surface area contributed by atoms with Crippen molar-refractivity contribution in [3.8, 4) is 11.3 Å². The SMILES string of the molecule is CN(Cc1cn[nH]c1-c1ccc(F)cc1)C(=O)c1ccccc1CC1CCNC1. The number of carbonyl (C=O) groups excluding carboxylic acids is 1. The van der Waals surface area contributed by atoms with Crippen LogP contribution in [0.2, 0.25) is 0 Å². The van der Waals surface area contributed by atoms with Crippen LogP contribution in [0.25, 0.3) is 11.3 Å². The monoisotopic (exact) mass is 392 g/mol. The van der Waals surface area contributed by atoms with E-state index in [9.17, 15) is 9.18 Å². The summed E-state index contributed by atoms with van der Waals surface area (Å²) in [4.78, 5) is 14.9. The first-order valence-electron chi connectivity index (χ1n) is 9.94. The number of halogens is 1. The Bertz CT molecular complexity index is 977. The van der Waals surface area contributed by atoms with E-state index in [2.05, 4.69) is 21.6 Å². The van der Waals surface area contributed by atoms with E-state index >= 15 is 0 Å². The van der Waals surface area contributed by atoms with Crippen molar-refractivity contribution >= 4 is 5.91 Å². The summed E-state index contributed by atoms with van der Waals surface area (Å²) in [6, 6.07) is 14.1. The summed E-state index contributed by atoms with van der Waals surface area (Å²) in [5.41, 5.74) is 4.39. The molecule has 5 nitrogen and oxygen atoms in total. The summed E-state index contributed by atoms with van der Waals surface area (Å²) < 4.78 is 13.2. The van der Waals surface area contributed by atoms with Crippen LogP contribution in [-0.4, -0.2) is 41.1 Å². The van der Waals surface area contributed by atoms with Gasteiger partial charge in [0.2, 0.25) is 0 Å². The fourth-order valence-corrected chi connectivity index (χ4v) is 3.94. The van der Waals surface area contributed by atoms with E-state index in [1.165, 1.54) is 12.1 Å². The number of nitrogens with zero attached hydrogens (tertiary/aromatic N) is 2. The Hall–Kier alpha value is -2.99. The summed E-state index contributed by atoms with van der Waals surface area (Å²) in [6.45, 7) is 2.48. The molecule has 2 aromatic carbocycles. The lowest BCUT2D eigenvalue weighted by molar-refractivity contribution is 0.0784. The first kappa shape index (κ1) is 19.3. The lowest BCUT2D eigenvalue weighted by Crippen LogP contribution is -2.27. The van der Waals surface area contributed by atoms with E-state index in [1.807, 2.05) is 18.2 Å². The third kappa shape index (κ3) is 4.38. The lowest BCUT2D eigenvalue weighted by atomic mass is 9.94. The maximum atomic E-state index is 13.2. The second-order valence-corrected chi connectivity index (χ2v) is 7.66. The minimum Gasteiger partial charge on any atom is -0.337 e.